The highest BCUT2D eigenvalue weighted by atomic mass is 35.5. The average molecular weight is 416 g/mol. The Balaban J connectivity index is 1.47. The van der Waals surface area contributed by atoms with Gasteiger partial charge in [0, 0.05) is 29.9 Å². The largest absolute Gasteiger partial charge is 0.497 e. The van der Waals surface area contributed by atoms with Gasteiger partial charge in [0.2, 0.25) is 0 Å². The van der Waals surface area contributed by atoms with Crippen molar-refractivity contribution < 1.29 is 9.53 Å². The van der Waals surface area contributed by atoms with Gasteiger partial charge in [-0.25, -0.2) is 4.79 Å². The van der Waals surface area contributed by atoms with Crippen LogP contribution in [0.2, 0.25) is 5.02 Å². The molecule has 1 aliphatic heterocycles. The van der Waals surface area contributed by atoms with Gasteiger partial charge in [0.25, 0.3) is 0 Å². The second-order valence-electron chi connectivity index (χ2n) is 7.56. The molecule has 2 N–H and O–H groups in total. The molecule has 1 aliphatic rings. The number of likely N-dealkylation sites (tertiary alicyclic amines) is 1. The number of anilines is 1. The SMILES string of the molecule is CCC(NC(=O)Nc1cccc(OC)c1)N1CCC(Cc2ccc(Cl)cc2)CC1. The minimum absolute atomic E-state index is 0.0390. The normalized spacial score (nSPS) is 16.2. The molecular weight excluding hydrogens is 386 g/mol. The molecule has 1 unspecified atom stereocenters. The summed E-state index contributed by atoms with van der Waals surface area (Å²) in [7, 11) is 1.61. The van der Waals surface area contributed by atoms with Crippen molar-refractivity contribution in [2.24, 2.45) is 5.92 Å². The van der Waals surface area contributed by atoms with E-state index >= 15 is 0 Å². The Morgan fingerprint density at radius 1 is 1.21 bits per heavy atom. The quantitative estimate of drug-likeness (QED) is 0.656. The Hall–Kier alpha value is -2.24. The van der Waals surface area contributed by atoms with E-state index in [0.29, 0.717) is 5.92 Å². The lowest BCUT2D eigenvalue weighted by Crippen LogP contribution is -2.51. The van der Waals surface area contributed by atoms with Gasteiger partial charge in [-0.05, 0) is 61.4 Å². The average Bonchev–Trinajstić information content (AvgIpc) is 2.74. The van der Waals surface area contributed by atoms with Crippen molar-refractivity contribution >= 4 is 23.3 Å². The van der Waals surface area contributed by atoms with E-state index in [-0.39, 0.29) is 12.2 Å². The molecule has 29 heavy (non-hydrogen) atoms. The molecule has 1 saturated heterocycles. The number of piperidine rings is 1. The number of halogens is 1. The van der Waals surface area contributed by atoms with Crippen LogP contribution in [0.1, 0.15) is 31.7 Å². The number of nitrogens with one attached hydrogen (secondary N) is 2. The second kappa shape index (κ2) is 10.5. The van der Waals surface area contributed by atoms with Crippen molar-refractivity contribution in [1.29, 1.82) is 0 Å². The fraction of sp³-hybridized carbons (Fsp3) is 0.435. The number of amides is 2. The highest BCUT2D eigenvalue weighted by molar-refractivity contribution is 6.30. The van der Waals surface area contributed by atoms with Crippen molar-refractivity contribution in [3.8, 4) is 5.75 Å². The molecule has 156 valence electrons. The van der Waals surface area contributed by atoms with Gasteiger partial charge < -0.3 is 15.4 Å². The summed E-state index contributed by atoms with van der Waals surface area (Å²) in [6.45, 7) is 4.10. The van der Waals surface area contributed by atoms with Gasteiger partial charge in [-0.2, -0.15) is 0 Å². The predicted molar refractivity (Wildman–Crippen MR) is 119 cm³/mol. The molecule has 0 saturated carbocycles. The van der Waals surface area contributed by atoms with E-state index in [0.717, 1.165) is 55.2 Å². The van der Waals surface area contributed by atoms with Crippen LogP contribution >= 0.6 is 11.6 Å². The van der Waals surface area contributed by atoms with Gasteiger partial charge in [-0.1, -0.05) is 36.7 Å². The van der Waals surface area contributed by atoms with Crippen LogP contribution in [0.15, 0.2) is 48.5 Å². The lowest BCUT2D eigenvalue weighted by molar-refractivity contribution is 0.113. The first-order valence-electron chi connectivity index (χ1n) is 10.3. The lowest BCUT2D eigenvalue weighted by atomic mass is 9.90. The van der Waals surface area contributed by atoms with E-state index in [9.17, 15) is 4.79 Å². The molecule has 1 fully saturated rings. The number of carbonyl (C=O) groups is 1. The maximum Gasteiger partial charge on any atom is 0.320 e. The molecular formula is C23H30ClN3O2. The third kappa shape index (κ3) is 6.38. The van der Waals surface area contributed by atoms with Gasteiger partial charge in [0.1, 0.15) is 5.75 Å². The number of carbonyl (C=O) groups excluding carboxylic acids is 1. The standard InChI is InChI=1S/C23H30ClN3O2/c1-3-22(26-23(28)25-20-5-4-6-21(16-20)29-2)27-13-11-18(12-14-27)15-17-7-9-19(24)10-8-17/h4-10,16,18,22H,3,11-15H2,1-2H3,(H2,25,26,28). The summed E-state index contributed by atoms with van der Waals surface area (Å²) in [6.07, 6.45) is 4.27. The summed E-state index contributed by atoms with van der Waals surface area (Å²) in [5.74, 6) is 1.40. The minimum atomic E-state index is -0.187. The summed E-state index contributed by atoms with van der Waals surface area (Å²) in [5.41, 5.74) is 2.06. The summed E-state index contributed by atoms with van der Waals surface area (Å²) >= 11 is 5.98. The molecule has 2 aromatic carbocycles. The first kappa shape index (κ1) is 21.5. The molecule has 0 bridgehead atoms. The van der Waals surface area contributed by atoms with E-state index < -0.39 is 0 Å². The van der Waals surface area contributed by atoms with Crippen molar-refractivity contribution in [3.63, 3.8) is 0 Å². The summed E-state index contributed by atoms with van der Waals surface area (Å²) in [4.78, 5) is 14.8. The third-order valence-electron chi connectivity index (χ3n) is 5.54. The van der Waals surface area contributed by atoms with Gasteiger partial charge in [-0.3, -0.25) is 4.90 Å². The molecule has 0 radical (unpaired) electrons. The molecule has 1 atom stereocenters. The van der Waals surface area contributed by atoms with Gasteiger partial charge in [0.05, 0.1) is 13.3 Å². The molecule has 6 heteroatoms. The lowest BCUT2D eigenvalue weighted by Gasteiger charge is -2.37. The van der Waals surface area contributed by atoms with Gasteiger partial charge >= 0.3 is 6.03 Å². The number of nitrogens with zero attached hydrogens (tertiary/aromatic N) is 1. The Morgan fingerprint density at radius 2 is 1.93 bits per heavy atom. The molecule has 3 rings (SSSR count). The van der Waals surface area contributed by atoms with E-state index in [1.54, 1.807) is 7.11 Å². The predicted octanol–water partition coefficient (Wildman–Crippen LogP) is 5.16. The highest BCUT2D eigenvalue weighted by Crippen LogP contribution is 2.24. The smallest absolute Gasteiger partial charge is 0.320 e. The number of urea groups is 1. The minimum Gasteiger partial charge on any atom is -0.497 e. The number of rotatable bonds is 7. The van der Waals surface area contributed by atoms with Crippen molar-refractivity contribution in [2.45, 2.75) is 38.8 Å². The maximum absolute atomic E-state index is 12.5. The number of methoxy groups -OCH3 is 1. The number of ether oxygens (including phenoxy) is 1. The Bertz CT molecular complexity index is 789. The van der Waals surface area contributed by atoms with Crippen LogP contribution in [0.25, 0.3) is 0 Å². The zero-order chi connectivity index (χ0) is 20.6. The molecule has 2 aromatic rings. The van der Waals surface area contributed by atoms with Gasteiger partial charge in [0.15, 0.2) is 0 Å². The van der Waals surface area contributed by atoms with Crippen LogP contribution in [0.3, 0.4) is 0 Å². The van der Waals surface area contributed by atoms with Crippen LogP contribution in [-0.2, 0) is 6.42 Å². The monoisotopic (exact) mass is 415 g/mol. The number of hydrogen-bond donors (Lipinski definition) is 2. The maximum atomic E-state index is 12.5. The number of benzene rings is 2. The Morgan fingerprint density at radius 3 is 2.59 bits per heavy atom. The third-order valence-corrected chi connectivity index (χ3v) is 5.79. The van der Waals surface area contributed by atoms with Crippen LogP contribution < -0.4 is 15.4 Å². The van der Waals surface area contributed by atoms with E-state index in [2.05, 4.69) is 34.6 Å². The van der Waals surface area contributed by atoms with Crippen molar-refractivity contribution in [2.75, 3.05) is 25.5 Å². The van der Waals surface area contributed by atoms with E-state index in [1.807, 2.05) is 36.4 Å². The first-order chi connectivity index (χ1) is 14.1. The Kier molecular flexibility index (Phi) is 7.78. The fourth-order valence-corrected chi connectivity index (χ4v) is 4.02. The summed E-state index contributed by atoms with van der Waals surface area (Å²) in [5, 5.41) is 6.80. The Labute approximate surface area is 178 Å². The zero-order valence-corrected chi connectivity index (χ0v) is 17.9. The fourth-order valence-electron chi connectivity index (χ4n) is 3.89. The van der Waals surface area contributed by atoms with Crippen LogP contribution in [0.4, 0.5) is 10.5 Å². The van der Waals surface area contributed by atoms with Crippen LogP contribution in [0.5, 0.6) is 5.75 Å². The zero-order valence-electron chi connectivity index (χ0n) is 17.2. The highest BCUT2D eigenvalue weighted by Gasteiger charge is 2.25. The van der Waals surface area contributed by atoms with Crippen molar-refractivity contribution in [3.05, 3.63) is 59.1 Å². The molecule has 1 heterocycles. The molecule has 0 aliphatic carbocycles. The van der Waals surface area contributed by atoms with Crippen LogP contribution in [0, 0.1) is 5.92 Å². The first-order valence-corrected chi connectivity index (χ1v) is 10.6. The van der Waals surface area contributed by atoms with E-state index in [1.165, 1.54) is 5.56 Å². The molecule has 2 amide bonds. The summed E-state index contributed by atoms with van der Waals surface area (Å²) in [6, 6.07) is 15.3. The molecule has 0 aromatic heterocycles. The number of hydrogen-bond acceptors (Lipinski definition) is 3. The van der Waals surface area contributed by atoms with Crippen LogP contribution in [-0.4, -0.2) is 37.3 Å². The molecule has 0 spiro atoms. The van der Waals surface area contributed by atoms with Crippen molar-refractivity contribution in [1.82, 2.24) is 10.2 Å². The van der Waals surface area contributed by atoms with E-state index in [4.69, 9.17) is 16.3 Å². The topological polar surface area (TPSA) is 53.6 Å². The molecule has 5 nitrogen and oxygen atoms in total. The second-order valence-corrected chi connectivity index (χ2v) is 8.00. The van der Waals surface area contributed by atoms with Gasteiger partial charge in [-0.15, -0.1) is 0 Å². The summed E-state index contributed by atoms with van der Waals surface area (Å²) < 4.78 is 5.21.